The third-order valence-corrected chi connectivity index (χ3v) is 4.11. The number of anilines is 1. The quantitative estimate of drug-likeness (QED) is 0.731. The van der Waals surface area contributed by atoms with Crippen molar-refractivity contribution in [3.63, 3.8) is 0 Å². The van der Waals surface area contributed by atoms with Gasteiger partial charge in [-0.1, -0.05) is 35.0 Å². The van der Waals surface area contributed by atoms with Gasteiger partial charge in [-0.3, -0.25) is 0 Å². The maximum Gasteiger partial charge on any atom is 0.115 e. The molecule has 0 aliphatic rings. The molecule has 0 bridgehead atoms. The number of aromatic hydroxyl groups is 1. The van der Waals surface area contributed by atoms with Crippen LogP contribution in [0.1, 0.15) is 24.9 Å². The third kappa shape index (κ3) is 3.74. The number of rotatable bonds is 4. The van der Waals surface area contributed by atoms with Gasteiger partial charge in [0.1, 0.15) is 5.75 Å². The van der Waals surface area contributed by atoms with Gasteiger partial charge in [-0.2, -0.15) is 0 Å². The first-order chi connectivity index (χ1) is 9.10. The first-order valence-electron chi connectivity index (χ1n) is 6.10. The molecule has 1 atom stereocenters. The van der Waals surface area contributed by atoms with Gasteiger partial charge in [0.15, 0.2) is 0 Å². The zero-order valence-corrected chi connectivity index (χ0v) is 13.7. The zero-order chi connectivity index (χ0) is 13.8. The molecule has 0 aliphatic heterocycles. The maximum absolute atomic E-state index is 9.34. The fraction of sp³-hybridized carbons (Fsp3) is 0.200. The standard InChI is InChI=1S/C15H15Br2NO/c1-2-14(10-3-6-12(19)7-4-10)18-15-8-5-11(16)9-13(15)17/h3-9,14,18-19H,2H2,1H3. The minimum atomic E-state index is 0.220. The second kappa shape index (κ2) is 6.44. The van der Waals surface area contributed by atoms with Gasteiger partial charge in [0, 0.05) is 14.6 Å². The van der Waals surface area contributed by atoms with E-state index in [0.717, 1.165) is 26.6 Å². The van der Waals surface area contributed by atoms with Gasteiger partial charge in [0.2, 0.25) is 0 Å². The Morgan fingerprint density at radius 3 is 2.37 bits per heavy atom. The molecule has 0 heterocycles. The number of nitrogens with one attached hydrogen (secondary N) is 1. The van der Waals surface area contributed by atoms with E-state index in [2.05, 4.69) is 44.1 Å². The summed E-state index contributed by atoms with van der Waals surface area (Å²) in [5.41, 5.74) is 2.22. The third-order valence-electron chi connectivity index (χ3n) is 2.96. The van der Waals surface area contributed by atoms with Crippen molar-refractivity contribution in [2.75, 3.05) is 5.32 Å². The minimum absolute atomic E-state index is 0.220. The summed E-state index contributed by atoms with van der Waals surface area (Å²) in [4.78, 5) is 0. The van der Waals surface area contributed by atoms with Gasteiger partial charge in [0.05, 0.1) is 6.04 Å². The Morgan fingerprint density at radius 2 is 1.79 bits per heavy atom. The van der Waals surface area contributed by atoms with Crippen molar-refractivity contribution in [3.05, 3.63) is 57.0 Å². The predicted octanol–water partition coefficient (Wildman–Crippen LogP) is 5.48. The largest absolute Gasteiger partial charge is 0.508 e. The Hall–Kier alpha value is -1.00. The molecule has 0 radical (unpaired) electrons. The SMILES string of the molecule is CCC(Nc1ccc(Br)cc1Br)c1ccc(O)cc1. The number of phenolic OH excluding ortho intramolecular Hbond substituents is 1. The highest BCUT2D eigenvalue weighted by Gasteiger charge is 2.10. The van der Waals surface area contributed by atoms with Crippen LogP contribution in [0.2, 0.25) is 0 Å². The van der Waals surface area contributed by atoms with Gasteiger partial charge in [0.25, 0.3) is 0 Å². The van der Waals surface area contributed by atoms with Gasteiger partial charge >= 0.3 is 0 Å². The fourth-order valence-electron chi connectivity index (χ4n) is 1.92. The molecule has 2 aromatic carbocycles. The van der Waals surface area contributed by atoms with Gasteiger partial charge in [-0.25, -0.2) is 0 Å². The molecule has 4 heteroatoms. The molecule has 0 aromatic heterocycles. The molecule has 0 amide bonds. The van der Waals surface area contributed by atoms with Crippen molar-refractivity contribution in [1.29, 1.82) is 0 Å². The van der Waals surface area contributed by atoms with Crippen molar-refractivity contribution in [1.82, 2.24) is 0 Å². The Labute approximate surface area is 130 Å². The van der Waals surface area contributed by atoms with E-state index in [4.69, 9.17) is 0 Å². The van der Waals surface area contributed by atoms with E-state index in [-0.39, 0.29) is 6.04 Å². The van der Waals surface area contributed by atoms with E-state index in [1.165, 1.54) is 0 Å². The molecule has 0 fully saturated rings. The second-order valence-corrected chi connectivity index (χ2v) is 6.09. The summed E-state index contributed by atoms with van der Waals surface area (Å²) in [7, 11) is 0. The molecular weight excluding hydrogens is 370 g/mol. The smallest absolute Gasteiger partial charge is 0.115 e. The van der Waals surface area contributed by atoms with Gasteiger partial charge < -0.3 is 10.4 Å². The van der Waals surface area contributed by atoms with E-state index in [9.17, 15) is 5.11 Å². The zero-order valence-electron chi connectivity index (χ0n) is 10.5. The van der Waals surface area contributed by atoms with Crippen LogP contribution in [0.5, 0.6) is 5.75 Å². The van der Waals surface area contributed by atoms with Crippen molar-refractivity contribution >= 4 is 37.5 Å². The molecule has 2 aromatic rings. The summed E-state index contributed by atoms with van der Waals surface area (Å²) in [5, 5.41) is 12.9. The average molecular weight is 385 g/mol. The Bertz CT molecular complexity index is 555. The van der Waals surface area contributed by atoms with Crippen molar-refractivity contribution < 1.29 is 5.11 Å². The number of benzene rings is 2. The molecule has 2 rings (SSSR count). The molecule has 100 valence electrons. The highest BCUT2D eigenvalue weighted by molar-refractivity contribution is 9.11. The van der Waals surface area contributed by atoms with Crippen molar-refractivity contribution in [2.45, 2.75) is 19.4 Å². The van der Waals surface area contributed by atoms with Crippen LogP contribution >= 0.6 is 31.9 Å². The molecule has 1 unspecified atom stereocenters. The number of phenols is 1. The molecular formula is C15H15Br2NO. The lowest BCUT2D eigenvalue weighted by atomic mass is 10.0. The van der Waals surface area contributed by atoms with E-state index < -0.39 is 0 Å². The summed E-state index contributed by atoms with van der Waals surface area (Å²) in [6.45, 7) is 2.14. The predicted molar refractivity (Wildman–Crippen MR) is 86.6 cm³/mol. The Balaban J connectivity index is 2.21. The van der Waals surface area contributed by atoms with E-state index in [1.807, 2.05) is 30.3 Å². The molecule has 0 saturated carbocycles. The van der Waals surface area contributed by atoms with Gasteiger partial charge in [-0.05, 0) is 58.2 Å². The molecule has 2 nitrogen and oxygen atoms in total. The molecule has 0 aliphatic carbocycles. The van der Waals surface area contributed by atoms with Crippen molar-refractivity contribution in [3.8, 4) is 5.75 Å². The molecule has 0 spiro atoms. The van der Waals surface area contributed by atoms with Crippen LogP contribution in [-0.4, -0.2) is 5.11 Å². The van der Waals surface area contributed by atoms with Crippen molar-refractivity contribution in [2.24, 2.45) is 0 Å². The monoisotopic (exact) mass is 383 g/mol. The van der Waals surface area contributed by atoms with Crippen LogP contribution in [0.4, 0.5) is 5.69 Å². The van der Waals surface area contributed by atoms with E-state index in [0.29, 0.717) is 5.75 Å². The first kappa shape index (κ1) is 14.4. The van der Waals surface area contributed by atoms with Crippen LogP contribution in [-0.2, 0) is 0 Å². The van der Waals surface area contributed by atoms with Crippen LogP contribution in [0.25, 0.3) is 0 Å². The number of halogens is 2. The summed E-state index contributed by atoms with van der Waals surface area (Å²) in [6, 6.07) is 13.6. The molecule has 2 N–H and O–H groups in total. The van der Waals surface area contributed by atoms with Crippen LogP contribution in [0.3, 0.4) is 0 Å². The number of hydrogen-bond donors (Lipinski definition) is 2. The normalized spacial score (nSPS) is 12.2. The number of hydrogen-bond acceptors (Lipinski definition) is 2. The topological polar surface area (TPSA) is 32.3 Å². The Morgan fingerprint density at radius 1 is 1.11 bits per heavy atom. The maximum atomic E-state index is 9.34. The Kier molecular flexibility index (Phi) is 4.88. The minimum Gasteiger partial charge on any atom is -0.508 e. The summed E-state index contributed by atoms with van der Waals surface area (Å²) in [5.74, 6) is 0.295. The molecule has 0 saturated heterocycles. The van der Waals surface area contributed by atoms with Crippen LogP contribution in [0.15, 0.2) is 51.4 Å². The lowest BCUT2D eigenvalue weighted by Gasteiger charge is -2.20. The lowest BCUT2D eigenvalue weighted by molar-refractivity contribution is 0.475. The lowest BCUT2D eigenvalue weighted by Crippen LogP contribution is -2.09. The van der Waals surface area contributed by atoms with Gasteiger partial charge in [-0.15, -0.1) is 0 Å². The first-order valence-corrected chi connectivity index (χ1v) is 7.69. The van der Waals surface area contributed by atoms with E-state index >= 15 is 0 Å². The second-order valence-electron chi connectivity index (χ2n) is 4.32. The highest BCUT2D eigenvalue weighted by Crippen LogP contribution is 2.30. The summed E-state index contributed by atoms with van der Waals surface area (Å²) < 4.78 is 2.07. The van der Waals surface area contributed by atoms with Crippen LogP contribution in [0, 0.1) is 0 Å². The van der Waals surface area contributed by atoms with E-state index in [1.54, 1.807) is 12.1 Å². The summed E-state index contributed by atoms with van der Waals surface area (Å²) in [6.07, 6.45) is 0.966. The molecule has 19 heavy (non-hydrogen) atoms. The van der Waals surface area contributed by atoms with Crippen LogP contribution < -0.4 is 5.32 Å². The fourth-order valence-corrected chi connectivity index (χ4v) is 3.08. The average Bonchev–Trinajstić information content (AvgIpc) is 2.39. The highest BCUT2D eigenvalue weighted by atomic mass is 79.9. The summed E-state index contributed by atoms with van der Waals surface area (Å²) >= 11 is 7.00.